The van der Waals surface area contributed by atoms with Crippen LogP contribution in [0, 0.1) is 0 Å². The van der Waals surface area contributed by atoms with Gasteiger partial charge in [-0.3, -0.25) is 0 Å². The van der Waals surface area contributed by atoms with E-state index in [-0.39, 0.29) is 13.2 Å². The maximum atomic E-state index is 8.98. The summed E-state index contributed by atoms with van der Waals surface area (Å²) in [6, 6.07) is 7.14. The van der Waals surface area contributed by atoms with Crippen LogP contribution in [0.15, 0.2) is 33.1 Å². The average Bonchev–Trinajstić information content (AvgIpc) is 2.98. The third-order valence-electron chi connectivity index (χ3n) is 2.87. The molecule has 0 fully saturated rings. The largest absolute Gasteiger partial charge is 0.463 e. The maximum Gasteiger partial charge on any atom is 0.129 e. The normalized spacial score (nSPS) is 12.0. The van der Waals surface area contributed by atoms with Crippen molar-refractivity contribution < 1.29 is 19.0 Å². The molecule has 2 heterocycles. The second kappa shape index (κ2) is 4.39. The van der Waals surface area contributed by atoms with Gasteiger partial charge in [-0.15, -0.1) is 0 Å². The Morgan fingerprint density at radius 3 is 1.59 bits per heavy atom. The van der Waals surface area contributed by atoms with Crippen LogP contribution in [0.3, 0.4) is 0 Å². The Labute approximate surface area is 99.5 Å². The molecule has 0 aromatic carbocycles. The Morgan fingerprint density at radius 1 is 0.882 bits per heavy atom. The van der Waals surface area contributed by atoms with Gasteiger partial charge in [0.25, 0.3) is 0 Å². The van der Waals surface area contributed by atoms with Crippen molar-refractivity contribution in [1.29, 1.82) is 0 Å². The number of hydrogen-bond acceptors (Lipinski definition) is 4. The molecule has 0 saturated heterocycles. The molecule has 2 aromatic heterocycles. The Bertz CT molecular complexity index is 449. The Kier molecular flexibility index (Phi) is 3.09. The van der Waals surface area contributed by atoms with Gasteiger partial charge in [0.05, 0.1) is 5.41 Å². The fourth-order valence-corrected chi connectivity index (χ4v) is 1.72. The van der Waals surface area contributed by atoms with Crippen LogP contribution >= 0.6 is 0 Å². The second-order valence-corrected chi connectivity index (χ2v) is 4.47. The zero-order chi connectivity index (χ0) is 12.5. The molecule has 0 aliphatic rings. The van der Waals surface area contributed by atoms with Crippen LogP contribution in [0.1, 0.15) is 36.9 Å². The zero-order valence-corrected chi connectivity index (χ0v) is 9.93. The number of aliphatic hydroxyl groups is 2. The lowest BCUT2D eigenvalue weighted by Crippen LogP contribution is -2.17. The fraction of sp³-hybridized carbons (Fsp3) is 0.385. The van der Waals surface area contributed by atoms with Gasteiger partial charge < -0.3 is 19.0 Å². The zero-order valence-electron chi connectivity index (χ0n) is 9.93. The number of aliphatic hydroxyl groups excluding tert-OH is 2. The molecule has 4 heteroatoms. The highest BCUT2D eigenvalue weighted by atomic mass is 16.4. The molecule has 0 unspecified atom stereocenters. The highest BCUT2D eigenvalue weighted by molar-refractivity contribution is 5.27. The van der Waals surface area contributed by atoms with Gasteiger partial charge in [0.2, 0.25) is 0 Å². The first kappa shape index (κ1) is 12.0. The standard InChI is InChI=1S/C13H16O4/c1-13(2,11-5-3-9(7-14)16-11)12-6-4-10(8-15)17-12/h3-6,14-15H,7-8H2,1-2H3. The number of furan rings is 2. The lowest BCUT2D eigenvalue weighted by Gasteiger charge is -2.19. The van der Waals surface area contributed by atoms with Gasteiger partial charge in [0.15, 0.2) is 0 Å². The predicted molar refractivity (Wildman–Crippen MR) is 61.4 cm³/mol. The van der Waals surface area contributed by atoms with Crippen LogP contribution in [-0.2, 0) is 18.6 Å². The van der Waals surface area contributed by atoms with E-state index in [9.17, 15) is 0 Å². The maximum absolute atomic E-state index is 8.98. The minimum atomic E-state index is -0.430. The van der Waals surface area contributed by atoms with Gasteiger partial charge in [-0.05, 0) is 38.1 Å². The minimum Gasteiger partial charge on any atom is -0.463 e. The summed E-state index contributed by atoms with van der Waals surface area (Å²) in [4.78, 5) is 0. The quantitative estimate of drug-likeness (QED) is 0.853. The SMILES string of the molecule is CC(C)(c1ccc(CO)o1)c1ccc(CO)o1. The van der Waals surface area contributed by atoms with E-state index >= 15 is 0 Å². The first-order chi connectivity index (χ1) is 8.07. The molecule has 4 nitrogen and oxygen atoms in total. The number of hydrogen-bond donors (Lipinski definition) is 2. The number of rotatable bonds is 4. The molecule has 2 aromatic rings. The molecule has 0 radical (unpaired) electrons. The van der Waals surface area contributed by atoms with Crippen molar-refractivity contribution in [3.05, 3.63) is 47.3 Å². The monoisotopic (exact) mass is 236 g/mol. The molecule has 2 N–H and O–H groups in total. The highest BCUT2D eigenvalue weighted by Crippen LogP contribution is 2.33. The first-order valence-corrected chi connectivity index (χ1v) is 5.48. The molecule has 0 atom stereocenters. The molecule has 0 amide bonds. The van der Waals surface area contributed by atoms with Crippen molar-refractivity contribution in [2.75, 3.05) is 0 Å². The van der Waals surface area contributed by atoms with E-state index in [4.69, 9.17) is 19.0 Å². The van der Waals surface area contributed by atoms with Crippen LogP contribution in [0.4, 0.5) is 0 Å². The summed E-state index contributed by atoms with van der Waals surface area (Å²) in [5, 5.41) is 18.0. The molecular weight excluding hydrogens is 220 g/mol. The van der Waals surface area contributed by atoms with Gasteiger partial charge in [0, 0.05) is 0 Å². The Morgan fingerprint density at radius 2 is 1.29 bits per heavy atom. The van der Waals surface area contributed by atoms with E-state index in [0.29, 0.717) is 11.5 Å². The summed E-state index contributed by atoms with van der Waals surface area (Å²) in [7, 11) is 0. The van der Waals surface area contributed by atoms with E-state index in [2.05, 4.69) is 0 Å². The third-order valence-corrected chi connectivity index (χ3v) is 2.87. The lowest BCUT2D eigenvalue weighted by molar-refractivity contribution is 0.227. The van der Waals surface area contributed by atoms with Gasteiger partial charge in [-0.25, -0.2) is 0 Å². The molecule has 0 saturated carbocycles. The smallest absolute Gasteiger partial charge is 0.129 e. The van der Waals surface area contributed by atoms with Crippen LogP contribution in [0.2, 0.25) is 0 Å². The Balaban J connectivity index is 2.34. The van der Waals surface area contributed by atoms with Crippen LogP contribution in [0.25, 0.3) is 0 Å². The van der Waals surface area contributed by atoms with Gasteiger partial charge in [-0.1, -0.05) is 0 Å². The third kappa shape index (κ3) is 2.14. The van der Waals surface area contributed by atoms with Crippen LogP contribution in [0.5, 0.6) is 0 Å². The molecular formula is C13H16O4. The Hall–Kier alpha value is -1.52. The van der Waals surface area contributed by atoms with E-state index in [0.717, 1.165) is 11.5 Å². The van der Waals surface area contributed by atoms with Crippen LogP contribution in [-0.4, -0.2) is 10.2 Å². The minimum absolute atomic E-state index is 0.115. The van der Waals surface area contributed by atoms with E-state index < -0.39 is 5.41 Å². The lowest BCUT2D eigenvalue weighted by atomic mass is 9.87. The predicted octanol–water partition coefficient (Wildman–Crippen LogP) is 2.18. The average molecular weight is 236 g/mol. The molecule has 17 heavy (non-hydrogen) atoms. The topological polar surface area (TPSA) is 66.7 Å². The molecule has 0 spiro atoms. The molecule has 0 bridgehead atoms. The summed E-state index contributed by atoms with van der Waals surface area (Å²) in [5.41, 5.74) is -0.430. The van der Waals surface area contributed by atoms with Gasteiger partial charge in [-0.2, -0.15) is 0 Å². The van der Waals surface area contributed by atoms with Crippen molar-refractivity contribution >= 4 is 0 Å². The van der Waals surface area contributed by atoms with E-state index in [1.807, 2.05) is 26.0 Å². The highest BCUT2D eigenvalue weighted by Gasteiger charge is 2.30. The van der Waals surface area contributed by atoms with Crippen LogP contribution < -0.4 is 0 Å². The summed E-state index contributed by atoms with van der Waals surface area (Å²) < 4.78 is 11.0. The van der Waals surface area contributed by atoms with Crippen molar-refractivity contribution in [2.24, 2.45) is 0 Å². The second-order valence-electron chi connectivity index (χ2n) is 4.47. The summed E-state index contributed by atoms with van der Waals surface area (Å²) >= 11 is 0. The summed E-state index contributed by atoms with van der Waals surface area (Å²) in [5.74, 6) is 2.50. The van der Waals surface area contributed by atoms with Crippen molar-refractivity contribution in [2.45, 2.75) is 32.5 Å². The van der Waals surface area contributed by atoms with Crippen molar-refractivity contribution in [1.82, 2.24) is 0 Å². The fourth-order valence-electron chi connectivity index (χ4n) is 1.72. The summed E-state index contributed by atoms with van der Waals surface area (Å²) in [6.07, 6.45) is 0. The molecule has 0 aliphatic heterocycles. The van der Waals surface area contributed by atoms with E-state index in [1.54, 1.807) is 12.1 Å². The molecule has 0 aliphatic carbocycles. The van der Waals surface area contributed by atoms with Crippen molar-refractivity contribution in [3.8, 4) is 0 Å². The molecule has 92 valence electrons. The first-order valence-electron chi connectivity index (χ1n) is 5.48. The van der Waals surface area contributed by atoms with Gasteiger partial charge >= 0.3 is 0 Å². The molecule has 2 rings (SSSR count). The van der Waals surface area contributed by atoms with Gasteiger partial charge in [0.1, 0.15) is 36.3 Å². The summed E-state index contributed by atoms with van der Waals surface area (Å²) in [6.45, 7) is 3.70. The van der Waals surface area contributed by atoms with Crippen molar-refractivity contribution in [3.63, 3.8) is 0 Å². The van der Waals surface area contributed by atoms with E-state index in [1.165, 1.54) is 0 Å².